The lowest BCUT2D eigenvalue weighted by Crippen LogP contribution is -2.37. The number of nitrogens with zero attached hydrogens (tertiary/aromatic N) is 2. The number of rotatable bonds is 7. The van der Waals surface area contributed by atoms with Crippen LogP contribution in [0.15, 0.2) is 42.5 Å². The maximum Gasteiger partial charge on any atom is 0.331 e. The third kappa shape index (κ3) is 3.77. The Morgan fingerprint density at radius 3 is 2.22 bits per heavy atom. The molecule has 0 atom stereocenters. The second-order valence-corrected chi connectivity index (χ2v) is 8.42. The molecule has 0 bridgehead atoms. The highest BCUT2D eigenvalue weighted by molar-refractivity contribution is 7.95. The molecule has 3 rings (SSSR count). The van der Waals surface area contributed by atoms with Crippen molar-refractivity contribution in [2.75, 3.05) is 21.7 Å². The molecule has 0 spiro atoms. The summed E-state index contributed by atoms with van der Waals surface area (Å²) in [5, 5.41) is 3.28. The molecule has 1 heterocycles. The number of anilines is 3. The predicted molar refractivity (Wildman–Crippen MR) is 104 cm³/mol. The summed E-state index contributed by atoms with van der Waals surface area (Å²) in [6, 6.07) is 10.2. The Kier molecular flexibility index (Phi) is 5.67. The van der Waals surface area contributed by atoms with Gasteiger partial charge >= 0.3 is 10.2 Å². The summed E-state index contributed by atoms with van der Waals surface area (Å²) in [5.74, 6) is -1.84. The molecular formula is C19H23F2N3O2S. The second-order valence-electron chi connectivity index (χ2n) is 6.72. The van der Waals surface area contributed by atoms with E-state index < -0.39 is 27.5 Å². The van der Waals surface area contributed by atoms with E-state index in [-0.39, 0.29) is 12.2 Å². The van der Waals surface area contributed by atoms with E-state index in [1.54, 1.807) is 24.3 Å². The molecule has 5 nitrogen and oxygen atoms in total. The SMILES string of the molecule is CC(C)NCCCCN1c2ccccc2N(c2c(F)cccc2F)S1(=O)=O. The van der Waals surface area contributed by atoms with Crippen molar-refractivity contribution in [1.29, 1.82) is 0 Å². The van der Waals surface area contributed by atoms with Gasteiger partial charge in [-0.1, -0.05) is 32.0 Å². The largest absolute Gasteiger partial charge is 0.331 e. The molecule has 0 unspecified atom stereocenters. The highest BCUT2D eigenvalue weighted by Crippen LogP contribution is 2.46. The van der Waals surface area contributed by atoms with Gasteiger partial charge in [-0.25, -0.2) is 13.1 Å². The molecule has 146 valence electrons. The molecule has 27 heavy (non-hydrogen) atoms. The minimum absolute atomic E-state index is 0.242. The summed E-state index contributed by atoms with van der Waals surface area (Å²) < 4.78 is 56.9. The number of nitrogens with one attached hydrogen (secondary N) is 1. The van der Waals surface area contributed by atoms with Crippen LogP contribution in [0.4, 0.5) is 25.8 Å². The third-order valence-corrected chi connectivity index (χ3v) is 6.14. The fraction of sp³-hybridized carbons (Fsp3) is 0.368. The number of halogens is 2. The Morgan fingerprint density at radius 2 is 1.59 bits per heavy atom. The second kappa shape index (κ2) is 7.82. The molecule has 1 aliphatic rings. The molecule has 8 heteroatoms. The fourth-order valence-corrected chi connectivity index (χ4v) is 4.89. The Labute approximate surface area is 158 Å². The van der Waals surface area contributed by atoms with Crippen molar-refractivity contribution < 1.29 is 17.2 Å². The standard InChI is InChI=1S/C19H23F2N3O2S/c1-14(2)22-12-5-6-13-23-17-10-3-4-11-18(17)24(27(23,25)26)19-15(20)8-7-9-16(19)21/h3-4,7-11,14,22H,5-6,12-13H2,1-2H3. The smallest absolute Gasteiger partial charge is 0.315 e. The lowest BCUT2D eigenvalue weighted by molar-refractivity contribution is 0.555. The maximum absolute atomic E-state index is 14.3. The monoisotopic (exact) mass is 395 g/mol. The van der Waals surface area contributed by atoms with Crippen LogP contribution in [0.1, 0.15) is 26.7 Å². The number of para-hydroxylation sites is 3. The minimum Gasteiger partial charge on any atom is -0.315 e. The molecule has 0 amide bonds. The van der Waals surface area contributed by atoms with Gasteiger partial charge in [0.2, 0.25) is 0 Å². The van der Waals surface area contributed by atoms with Crippen molar-refractivity contribution in [1.82, 2.24) is 5.32 Å². The highest BCUT2D eigenvalue weighted by Gasteiger charge is 2.43. The summed E-state index contributed by atoms with van der Waals surface area (Å²) in [6.45, 7) is 5.11. The average Bonchev–Trinajstić information content (AvgIpc) is 2.82. The van der Waals surface area contributed by atoms with Gasteiger partial charge in [0.25, 0.3) is 0 Å². The fourth-order valence-electron chi connectivity index (χ4n) is 3.12. The molecule has 2 aromatic rings. The lowest BCUT2D eigenvalue weighted by atomic mass is 10.2. The maximum atomic E-state index is 14.3. The molecule has 2 aromatic carbocycles. The molecule has 0 fully saturated rings. The summed E-state index contributed by atoms with van der Waals surface area (Å²) >= 11 is 0. The van der Waals surface area contributed by atoms with E-state index in [4.69, 9.17) is 0 Å². The molecule has 0 aromatic heterocycles. The topological polar surface area (TPSA) is 52.6 Å². The normalized spacial score (nSPS) is 15.4. The van der Waals surface area contributed by atoms with Crippen molar-refractivity contribution in [2.24, 2.45) is 0 Å². The van der Waals surface area contributed by atoms with E-state index in [9.17, 15) is 17.2 Å². The van der Waals surface area contributed by atoms with Gasteiger partial charge in [-0.05, 0) is 43.7 Å². The number of hydrogen-bond acceptors (Lipinski definition) is 3. The van der Waals surface area contributed by atoms with E-state index in [0.29, 0.717) is 18.2 Å². The number of fused-ring (bicyclic) bond motifs is 1. The zero-order valence-corrected chi connectivity index (χ0v) is 16.1. The quantitative estimate of drug-likeness (QED) is 0.723. The highest BCUT2D eigenvalue weighted by atomic mass is 32.2. The van der Waals surface area contributed by atoms with Crippen LogP contribution in [0.3, 0.4) is 0 Å². The lowest BCUT2D eigenvalue weighted by Gasteiger charge is -2.22. The van der Waals surface area contributed by atoms with Crippen LogP contribution < -0.4 is 13.9 Å². The van der Waals surface area contributed by atoms with Crippen LogP contribution >= 0.6 is 0 Å². The van der Waals surface area contributed by atoms with Crippen LogP contribution in [0.5, 0.6) is 0 Å². The van der Waals surface area contributed by atoms with Crippen molar-refractivity contribution >= 4 is 27.3 Å². The molecule has 0 saturated heterocycles. The molecule has 1 aliphatic heterocycles. The van der Waals surface area contributed by atoms with Gasteiger partial charge < -0.3 is 5.32 Å². The van der Waals surface area contributed by atoms with Gasteiger partial charge in [-0.2, -0.15) is 8.42 Å². The first-order chi connectivity index (χ1) is 12.8. The van der Waals surface area contributed by atoms with Crippen LogP contribution in [0.2, 0.25) is 0 Å². The van der Waals surface area contributed by atoms with Crippen molar-refractivity contribution in [3.63, 3.8) is 0 Å². The van der Waals surface area contributed by atoms with Gasteiger partial charge in [-0.15, -0.1) is 0 Å². The number of unbranched alkanes of at least 4 members (excludes halogenated alkanes) is 1. The molecule has 1 N–H and O–H groups in total. The van der Waals surface area contributed by atoms with Gasteiger partial charge in [-0.3, -0.25) is 4.31 Å². The predicted octanol–water partition coefficient (Wildman–Crippen LogP) is 3.95. The first-order valence-corrected chi connectivity index (χ1v) is 10.3. The van der Waals surface area contributed by atoms with E-state index in [1.165, 1.54) is 10.4 Å². The molecule has 0 aliphatic carbocycles. The van der Waals surface area contributed by atoms with E-state index in [0.717, 1.165) is 29.4 Å². The minimum atomic E-state index is -4.12. The van der Waals surface area contributed by atoms with Crippen molar-refractivity contribution in [2.45, 2.75) is 32.7 Å². The van der Waals surface area contributed by atoms with Crippen molar-refractivity contribution in [3.8, 4) is 0 Å². The Balaban J connectivity index is 1.92. The van der Waals surface area contributed by atoms with E-state index in [1.807, 2.05) is 13.8 Å². The summed E-state index contributed by atoms with van der Waals surface area (Å²) in [4.78, 5) is 0. The number of benzene rings is 2. The summed E-state index contributed by atoms with van der Waals surface area (Å²) in [6.07, 6.45) is 1.42. The van der Waals surface area contributed by atoms with E-state index >= 15 is 0 Å². The molecule has 0 radical (unpaired) electrons. The van der Waals surface area contributed by atoms with Crippen LogP contribution in [0.25, 0.3) is 0 Å². The van der Waals surface area contributed by atoms with Gasteiger partial charge in [0.15, 0.2) is 11.6 Å². The average molecular weight is 395 g/mol. The first kappa shape index (κ1) is 19.6. The van der Waals surface area contributed by atoms with E-state index in [2.05, 4.69) is 5.32 Å². The van der Waals surface area contributed by atoms with Gasteiger partial charge in [0.05, 0.1) is 11.4 Å². The van der Waals surface area contributed by atoms with Crippen molar-refractivity contribution in [3.05, 3.63) is 54.1 Å². The third-order valence-electron chi connectivity index (χ3n) is 4.36. The van der Waals surface area contributed by atoms with Crippen LogP contribution in [0, 0.1) is 11.6 Å². The van der Waals surface area contributed by atoms with Crippen LogP contribution in [-0.4, -0.2) is 27.5 Å². The molecule has 0 saturated carbocycles. The Bertz CT molecular complexity index is 899. The van der Waals surface area contributed by atoms with Crippen LogP contribution in [-0.2, 0) is 10.2 Å². The Hall–Kier alpha value is -2.19. The van der Waals surface area contributed by atoms with Gasteiger partial charge in [0.1, 0.15) is 5.69 Å². The zero-order valence-electron chi connectivity index (χ0n) is 15.3. The number of hydrogen-bond donors (Lipinski definition) is 1. The van der Waals surface area contributed by atoms with Gasteiger partial charge in [0, 0.05) is 12.6 Å². The Morgan fingerprint density at radius 1 is 0.963 bits per heavy atom. The molecular weight excluding hydrogens is 372 g/mol. The summed E-state index contributed by atoms with van der Waals surface area (Å²) in [5.41, 5.74) is 0.104. The first-order valence-electron chi connectivity index (χ1n) is 8.93. The zero-order chi connectivity index (χ0) is 19.6. The summed E-state index contributed by atoms with van der Waals surface area (Å²) in [7, 11) is -4.12.